The van der Waals surface area contributed by atoms with Crippen LogP contribution in [0.3, 0.4) is 0 Å². The van der Waals surface area contributed by atoms with Gasteiger partial charge in [-0.3, -0.25) is 4.79 Å². The second-order valence-corrected chi connectivity index (χ2v) is 4.66. The van der Waals surface area contributed by atoms with Gasteiger partial charge in [0.1, 0.15) is 5.58 Å². The third-order valence-corrected chi connectivity index (χ3v) is 3.38. The third kappa shape index (κ3) is 1.77. The summed E-state index contributed by atoms with van der Waals surface area (Å²) in [5.74, 6) is 0. The summed E-state index contributed by atoms with van der Waals surface area (Å²) in [5, 5.41) is 0.597. The average Bonchev–Trinajstić information content (AvgIpc) is 2.40. The van der Waals surface area contributed by atoms with Crippen molar-refractivity contribution in [2.24, 2.45) is 0 Å². The fraction of sp³-hybridized carbons (Fsp3) is 0. The van der Waals surface area contributed by atoms with Gasteiger partial charge in [-0.15, -0.1) is 0 Å². The predicted molar refractivity (Wildman–Crippen MR) is 75.6 cm³/mol. The van der Waals surface area contributed by atoms with Gasteiger partial charge in [-0.2, -0.15) is 0 Å². The Balaban J connectivity index is 2.41. The van der Waals surface area contributed by atoms with E-state index < -0.39 is 0 Å². The Morgan fingerprint density at radius 1 is 0.889 bits per heavy atom. The molecule has 0 spiro atoms. The van der Waals surface area contributed by atoms with Crippen molar-refractivity contribution < 1.29 is 4.42 Å². The molecule has 2 aromatic carbocycles. The Bertz CT molecular complexity index is 760. The molecule has 3 rings (SSSR count). The molecule has 0 saturated heterocycles. The smallest absolute Gasteiger partial charge is 0.201 e. The largest absolute Gasteiger partial charge is 0.448 e. The lowest BCUT2D eigenvalue weighted by Gasteiger charge is -2.05. The lowest BCUT2D eigenvalue weighted by Crippen LogP contribution is -2.05. The number of hydrogen-bond acceptors (Lipinski definition) is 2. The second-order valence-electron chi connectivity index (χ2n) is 3.94. The normalized spacial score (nSPS) is 10.7. The minimum atomic E-state index is -0.0186. The SMILES string of the molecule is O=c1c(-c2ccccc2)c(Br)oc2ccccc12. The maximum Gasteiger partial charge on any atom is 0.201 e. The Labute approximate surface area is 112 Å². The fourth-order valence-corrected chi connectivity index (χ4v) is 2.55. The lowest BCUT2D eigenvalue weighted by atomic mass is 10.1. The summed E-state index contributed by atoms with van der Waals surface area (Å²) < 4.78 is 6.11. The zero-order valence-electron chi connectivity index (χ0n) is 9.39. The zero-order valence-corrected chi connectivity index (χ0v) is 11.0. The van der Waals surface area contributed by atoms with Crippen LogP contribution in [0.15, 0.2) is 68.5 Å². The first-order valence-corrected chi connectivity index (χ1v) is 6.33. The van der Waals surface area contributed by atoms with Gasteiger partial charge in [0.15, 0.2) is 4.67 Å². The summed E-state index contributed by atoms with van der Waals surface area (Å²) in [6, 6.07) is 16.8. The van der Waals surface area contributed by atoms with Crippen LogP contribution in [0.4, 0.5) is 0 Å². The predicted octanol–water partition coefficient (Wildman–Crippen LogP) is 4.22. The average molecular weight is 301 g/mol. The first kappa shape index (κ1) is 11.2. The summed E-state index contributed by atoms with van der Waals surface area (Å²) in [6.45, 7) is 0. The summed E-state index contributed by atoms with van der Waals surface area (Å²) in [4.78, 5) is 12.5. The molecule has 0 unspecified atom stereocenters. The molecular formula is C15H9BrO2. The van der Waals surface area contributed by atoms with Crippen molar-refractivity contribution >= 4 is 26.9 Å². The molecule has 0 bridgehead atoms. The topological polar surface area (TPSA) is 30.2 Å². The van der Waals surface area contributed by atoms with Gasteiger partial charge in [-0.25, -0.2) is 0 Å². The highest BCUT2D eigenvalue weighted by molar-refractivity contribution is 9.10. The van der Waals surface area contributed by atoms with E-state index in [2.05, 4.69) is 15.9 Å². The molecule has 3 heteroatoms. The summed E-state index contributed by atoms with van der Waals surface area (Å²) in [6.07, 6.45) is 0. The van der Waals surface area contributed by atoms with E-state index in [1.807, 2.05) is 42.5 Å². The van der Waals surface area contributed by atoms with Gasteiger partial charge in [-0.05, 0) is 33.6 Å². The van der Waals surface area contributed by atoms with Gasteiger partial charge in [0.2, 0.25) is 5.43 Å². The molecule has 3 aromatic rings. The monoisotopic (exact) mass is 300 g/mol. The zero-order chi connectivity index (χ0) is 12.5. The van der Waals surface area contributed by atoms with Crippen molar-refractivity contribution in [2.75, 3.05) is 0 Å². The molecule has 0 saturated carbocycles. The molecular weight excluding hydrogens is 292 g/mol. The molecule has 1 aromatic heterocycles. The van der Waals surface area contributed by atoms with Crippen LogP contribution in [0.25, 0.3) is 22.1 Å². The molecule has 88 valence electrons. The van der Waals surface area contributed by atoms with Crippen LogP contribution in [-0.4, -0.2) is 0 Å². The van der Waals surface area contributed by atoms with Gasteiger partial charge in [0.05, 0.1) is 10.9 Å². The molecule has 0 N–H and O–H groups in total. The van der Waals surface area contributed by atoms with Crippen molar-refractivity contribution in [1.29, 1.82) is 0 Å². The number of para-hydroxylation sites is 1. The molecule has 0 amide bonds. The van der Waals surface area contributed by atoms with Crippen LogP contribution in [0, 0.1) is 0 Å². The number of rotatable bonds is 1. The van der Waals surface area contributed by atoms with Gasteiger partial charge in [-0.1, -0.05) is 42.5 Å². The minimum Gasteiger partial charge on any atom is -0.448 e. The Morgan fingerprint density at radius 2 is 1.56 bits per heavy atom. The molecule has 0 aliphatic rings. The molecule has 0 aliphatic carbocycles. The summed E-state index contributed by atoms with van der Waals surface area (Å²) in [5.41, 5.74) is 1.99. The minimum absolute atomic E-state index is 0.0186. The van der Waals surface area contributed by atoms with Crippen LogP contribution < -0.4 is 5.43 Å². The van der Waals surface area contributed by atoms with Crippen LogP contribution in [-0.2, 0) is 0 Å². The van der Waals surface area contributed by atoms with Gasteiger partial charge >= 0.3 is 0 Å². The fourth-order valence-electron chi connectivity index (χ4n) is 1.96. The van der Waals surface area contributed by atoms with Gasteiger partial charge in [0.25, 0.3) is 0 Å². The second kappa shape index (κ2) is 4.42. The van der Waals surface area contributed by atoms with Crippen molar-refractivity contribution in [2.45, 2.75) is 0 Å². The maximum atomic E-state index is 12.5. The van der Waals surface area contributed by atoms with E-state index in [4.69, 9.17) is 4.42 Å². The van der Waals surface area contributed by atoms with Crippen LogP contribution in [0.2, 0.25) is 0 Å². The molecule has 2 nitrogen and oxygen atoms in total. The van der Waals surface area contributed by atoms with E-state index in [0.29, 0.717) is 21.2 Å². The number of halogens is 1. The lowest BCUT2D eigenvalue weighted by molar-refractivity contribution is 0.576. The summed E-state index contributed by atoms with van der Waals surface area (Å²) >= 11 is 3.34. The third-order valence-electron chi connectivity index (χ3n) is 2.82. The van der Waals surface area contributed by atoms with Crippen molar-refractivity contribution in [3.63, 3.8) is 0 Å². The first-order chi connectivity index (χ1) is 8.77. The van der Waals surface area contributed by atoms with E-state index in [0.717, 1.165) is 5.56 Å². The van der Waals surface area contributed by atoms with Crippen molar-refractivity contribution in [3.05, 3.63) is 69.5 Å². The number of benzene rings is 2. The summed E-state index contributed by atoms with van der Waals surface area (Å²) in [7, 11) is 0. The van der Waals surface area contributed by atoms with Crippen LogP contribution in [0.5, 0.6) is 0 Å². The molecule has 0 atom stereocenters. The van der Waals surface area contributed by atoms with Crippen molar-refractivity contribution in [1.82, 2.24) is 0 Å². The molecule has 1 heterocycles. The standard InChI is InChI=1S/C15H9BrO2/c16-15-13(10-6-2-1-3-7-10)14(17)11-8-4-5-9-12(11)18-15/h1-9H. The highest BCUT2D eigenvalue weighted by atomic mass is 79.9. The number of fused-ring (bicyclic) bond motifs is 1. The molecule has 0 radical (unpaired) electrons. The van der Waals surface area contributed by atoms with E-state index in [-0.39, 0.29) is 5.43 Å². The van der Waals surface area contributed by atoms with E-state index in [1.165, 1.54) is 0 Å². The van der Waals surface area contributed by atoms with Gasteiger partial charge in [0, 0.05) is 0 Å². The quantitative estimate of drug-likeness (QED) is 0.673. The Kier molecular flexibility index (Phi) is 2.76. The van der Waals surface area contributed by atoms with E-state index >= 15 is 0 Å². The molecule has 18 heavy (non-hydrogen) atoms. The Morgan fingerprint density at radius 3 is 2.33 bits per heavy atom. The van der Waals surface area contributed by atoms with E-state index in [9.17, 15) is 4.79 Å². The van der Waals surface area contributed by atoms with Gasteiger partial charge < -0.3 is 4.42 Å². The molecule has 0 fully saturated rings. The van der Waals surface area contributed by atoms with E-state index in [1.54, 1.807) is 12.1 Å². The highest BCUT2D eigenvalue weighted by Crippen LogP contribution is 2.28. The Hall–Kier alpha value is -1.87. The van der Waals surface area contributed by atoms with Crippen molar-refractivity contribution in [3.8, 4) is 11.1 Å². The van der Waals surface area contributed by atoms with Crippen LogP contribution >= 0.6 is 15.9 Å². The number of hydrogen-bond donors (Lipinski definition) is 0. The first-order valence-electron chi connectivity index (χ1n) is 5.54. The van der Waals surface area contributed by atoms with Crippen LogP contribution in [0.1, 0.15) is 0 Å². The highest BCUT2D eigenvalue weighted by Gasteiger charge is 2.13. The maximum absolute atomic E-state index is 12.5. The molecule has 0 aliphatic heterocycles.